The van der Waals surface area contributed by atoms with E-state index in [0.717, 1.165) is 38.1 Å². The van der Waals surface area contributed by atoms with Gasteiger partial charge < -0.3 is 10.6 Å². The van der Waals surface area contributed by atoms with Crippen LogP contribution in [0.1, 0.15) is 32.1 Å². The fourth-order valence-corrected chi connectivity index (χ4v) is 2.30. The molecule has 0 bridgehead atoms. The topological polar surface area (TPSA) is 41.1 Å². The fraction of sp³-hybridized carbons (Fsp3) is 0.909. The van der Waals surface area contributed by atoms with Crippen molar-refractivity contribution in [2.75, 3.05) is 25.1 Å². The van der Waals surface area contributed by atoms with Crippen molar-refractivity contribution in [3.05, 3.63) is 0 Å². The monoisotopic (exact) mass is 266 g/mol. The van der Waals surface area contributed by atoms with Crippen molar-refractivity contribution in [2.24, 2.45) is 0 Å². The summed E-state index contributed by atoms with van der Waals surface area (Å²) in [7, 11) is 0. The number of hydrogen-bond acceptors (Lipinski definition) is 3. The van der Waals surface area contributed by atoms with Crippen molar-refractivity contribution in [1.82, 2.24) is 10.6 Å². The maximum atomic E-state index is 11.5. The number of halogens is 1. The molecule has 0 aromatic carbocycles. The van der Waals surface area contributed by atoms with Gasteiger partial charge in [0.2, 0.25) is 5.91 Å². The summed E-state index contributed by atoms with van der Waals surface area (Å²) < 4.78 is 0. The highest BCUT2D eigenvalue weighted by molar-refractivity contribution is 7.98. The van der Waals surface area contributed by atoms with E-state index in [9.17, 15) is 4.79 Å². The van der Waals surface area contributed by atoms with Crippen LogP contribution in [0.4, 0.5) is 0 Å². The minimum Gasteiger partial charge on any atom is -0.352 e. The minimum absolute atomic E-state index is 0. The van der Waals surface area contributed by atoms with E-state index < -0.39 is 0 Å². The van der Waals surface area contributed by atoms with Crippen LogP contribution >= 0.6 is 24.2 Å². The number of nitrogens with one attached hydrogen (secondary N) is 2. The molecular weight excluding hydrogens is 244 g/mol. The molecule has 3 nitrogen and oxygen atoms in total. The molecule has 0 spiro atoms. The molecule has 1 atom stereocenters. The first-order valence-electron chi connectivity index (χ1n) is 5.82. The van der Waals surface area contributed by atoms with Crippen LogP contribution in [-0.4, -0.2) is 37.0 Å². The van der Waals surface area contributed by atoms with E-state index >= 15 is 0 Å². The van der Waals surface area contributed by atoms with Crippen LogP contribution < -0.4 is 10.6 Å². The number of thioether (sulfide) groups is 1. The number of piperidine rings is 1. The normalized spacial score (nSPS) is 19.9. The van der Waals surface area contributed by atoms with Gasteiger partial charge in [0.05, 0.1) is 0 Å². The molecular formula is C11H23ClN2OS. The molecule has 1 saturated heterocycles. The Morgan fingerprint density at radius 3 is 2.94 bits per heavy atom. The summed E-state index contributed by atoms with van der Waals surface area (Å²) in [5, 5.41) is 6.39. The Kier molecular flexibility index (Phi) is 10.3. The summed E-state index contributed by atoms with van der Waals surface area (Å²) in [6.45, 7) is 2.04. The number of carbonyl (C=O) groups is 1. The predicted molar refractivity (Wildman–Crippen MR) is 73.5 cm³/mol. The van der Waals surface area contributed by atoms with Crippen LogP contribution in [0, 0.1) is 0 Å². The summed E-state index contributed by atoms with van der Waals surface area (Å²) in [6, 6.07) is 0.367. The molecule has 5 heteroatoms. The first-order chi connectivity index (χ1) is 7.33. The zero-order chi connectivity index (χ0) is 10.9. The molecule has 0 aromatic heterocycles. The second-order valence-corrected chi connectivity index (χ2v) is 5.05. The lowest BCUT2D eigenvalue weighted by Gasteiger charge is -2.23. The number of rotatable bonds is 6. The third kappa shape index (κ3) is 7.36. The zero-order valence-electron chi connectivity index (χ0n) is 9.96. The Morgan fingerprint density at radius 1 is 1.50 bits per heavy atom. The van der Waals surface area contributed by atoms with Gasteiger partial charge >= 0.3 is 0 Å². The van der Waals surface area contributed by atoms with Gasteiger partial charge in [-0.05, 0) is 44.2 Å². The van der Waals surface area contributed by atoms with Gasteiger partial charge in [0.1, 0.15) is 0 Å². The Morgan fingerprint density at radius 2 is 2.31 bits per heavy atom. The molecule has 2 N–H and O–H groups in total. The lowest BCUT2D eigenvalue weighted by molar-refractivity contribution is -0.122. The Bertz CT molecular complexity index is 187. The quantitative estimate of drug-likeness (QED) is 0.721. The van der Waals surface area contributed by atoms with Crippen molar-refractivity contribution in [1.29, 1.82) is 0 Å². The lowest BCUT2D eigenvalue weighted by Crippen LogP contribution is -2.45. The molecule has 1 unspecified atom stereocenters. The number of carbonyl (C=O) groups excluding carboxylic acids is 1. The minimum atomic E-state index is 0. The van der Waals surface area contributed by atoms with E-state index in [1.54, 1.807) is 0 Å². The molecule has 96 valence electrons. The highest BCUT2D eigenvalue weighted by atomic mass is 35.5. The van der Waals surface area contributed by atoms with Crippen LogP contribution in [0.15, 0.2) is 0 Å². The molecule has 16 heavy (non-hydrogen) atoms. The van der Waals surface area contributed by atoms with Crippen molar-refractivity contribution < 1.29 is 4.79 Å². The SMILES string of the molecule is CSCCCCC(=O)NC1CCCNC1.Cl. The van der Waals surface area contributed by atoms with Crippen LogP contribution in [0.5, 0.6) is 0 Å². The second kappa shape index (κ2) is 10.2. The molecule has 1 fully saturated rings. The highest BCUT2D eigenvalue weighted by Crippen LogP contribution is 2.04. The average molecular weight is 267 g/mol. The summed E-state index contributed by atoms with van der Waals surface area (Å²) >= 11 is 1.85. The molecule has 1 aliphatic heterocycles. The maximum Gasteiger partial charge on any atom is 0.220 e. The molecule has 1 aliphatic rings. The van der Waals surface area contributed by atoms with Gasteiger partial charge in [0.15, 0.2) is 0 Å². The molecule has 1 amide bonds. The van der Waals surface area contributed by atoms with Crippen molar-refractivity contribution in [3.8, 4) is 0 Å². The predicted octanol–water partition coefficient (Wildman–Crippen LogP) is 1.81. The zero-order valence-corrected chi connectivity index (χ0v) is 11.6. The third-order valence-electron chi connectivity index (χ3n) is 2.66. The van der Waals surface area contributed by atoms with Crippen molar-refractivity contribution in [2.45, 2.75) is 38.1 Å². The van der Waals surface area contributed by atoms with Crippen molar-refractivity contribution in [3.63, 3.8) is 0 Å². The summed E-state index contributed by atoms with van der Waals surface area (Å²) in [4.78, 5) is 11.5. The van der Waals surface area contributed by atoms with Crippen LogP contribution in [-0.2, 0) is 4.79 Å². The first-order valence-corrected chi connectivity index (χ1v) is 7.21. The molecule has 0 saturated carbocycles. The van der Waals surface area contributed by atoms with Crippen LogP contribution in [0.2, 0.25) is 0 Å². The number of hydrogen-bond donors (Lipinski definition) is 2. The van der Waals surface area contributed by atoms with Gasteiger partial charge in [-0.25, -0.2) is 0 Å². The molecule has 0 radical (unpaired) electrons. The van der Waals surface area contributed by atoms with E-state index in [2.05, 4.69) is 16.9 Å². The van der Waals surface area contributed by atoms with E-state index in [1.807, 2.05) is 11.8 Å². The Labute approximate surface area is 109 Å². The number of amides is 1. The Balaban J connectivity index is 0.00000225. The van der Waals surface area contributed by atoms with E-state index in [4.69, 9.17) is 0 Å². The molecule has 0 aliphatic carbocycles. The van der Waals surface area contributed by atoms with Gasteiger partial charge in [-0.15, -0.1) is 12.4 Å². The maximum absolute atomic E-state index is 11.5. The van der Waals surface area contributed by atoms with Gasteiger partial charge in [-0.2, -0.15) is 11.8 Å². The van der Waals surface area contributed by atoms with Gasteiger partial charge in [0.25, 0.3) is 0 Å². The summed E-state index contributed by atoms with van der Waals surface area (Å²) in [6.07, 6.45) is 7.27. The van der Waals surface area contributed by atoms with E-state index in [0.29, 0.717) is 12.5 Å². The van der Waals surface area contributed by atoms with Crippen LogP contribution in [0.25, 0.3) is 0 Å². The average Bonchev–Trinajstić information content (AvgIpc) is 2.26. The number of unbranched alkanes of at least 4 members (excludes halogenated alkanes) is 1. The van der Waals surface area contributed by atoms with Crippen LogP contribution in [0.3, 0.4) is 0 Å². The molecule has 1 heterocycles. The smallest absolute Gasteiger partial charge is 0.220 e. The fourth-order valence-electron chi connectivity index (χ4n) is 1.81. The van der Waals surface area contributed by atoms with Crippen molar-refractivity contribution >= 4 is 30.1 Å². The standard InChI is InChI=1S/C11H22N2OS.ClH/c1-15-8-3-2-6-11(14)13-10-5-4-7-12-9-10;/h10,12H,2-9H2,1H3,(H,13,14);1H. The van der Waals surface area contributed by atoms with E-state index in [-0.39, 0.29) is 18.3 Å². The first kappa shape index (κ1) is 16.1. The van der Waals surface area contributed by atoms with E-state index in [1.165, 1.54) is 6.42 Å². The molecule has 0 aromatic rings. The third-order valence-corrected chi connectivity index (χ3v) is 3.36. The summed E-state index contributed by atoms with van der Waals surface area (Å²) in [5.41, 5.74) is 0. The largest absolute Gasteiger partial charge is 0.352 e. The molecule has 1 rings (SSSR count). The second-order valence-electron chi connectivity index (χ2n) is 4.06. The Hall–Kier alpha value is 0.0700. The lowest BCUT2D eigenvalue weighted by atomic mass is 10.1. The highest BCUT2D eigenvalue weighted by Gasteiger charge is 2.14. The summed E-state index contributed by atoms with van der Waals surface area (Å²) in [5.74, 6) is 1.39. The van der Waals surface area contributed by atoms with Gasteiger partial charge in [0, 0.05) is 19.0 Å². The van der Waals surface area contributed by atoms with Gasteiger partial charge in [-0.1, -0.05) is 0 Å². The van der Waals surface area contributed by atoms with Gasteiger partial charge in [-0.3, -0.25) is 4.79 Å².